The third kappa shape index (κ3) is 3.57. The molecule has 4 heteroatoms. The number of hydrogen-bond acceptors (Lipinski definition) is 4. The first-order chi connectivity index (χ1) is 9.42. The summed E-state index contributed by atoms with van der Waals surface area (Å²) in [6.07, 6.45) is 5.50. The Bertz CT molecular complexity index is 419. The fraction of sp³-hybridized carbons (Fsp3) is 0.600. The fourth-order valence-corrected chi connectivity index (χ4v) is 3.49. The Hall–Kier alpha value is -0.870. The Kier molecular flexibility index (Phi) is 4.51. The molecule has 1 N–H and O–H groups in total. The van der Waals surface area contributed by atoms with Gasteiger partial charge in [-0.1, -0.05) is 12.8 Å². The second-order valence-electron chi connectivity index (χ2n) is 5.09. The first-order valence-corrected chi connectivity index (χ1v) is 8.16. The lowest BCUT2D eigenvalue weighted by atomic mass is 10.2. The van der Waals surface area contributed by atoms with Crippen LogP contribution in [0.1, 0.15) is 25.7 Å². The normalized spacial score (nSPS) is 18.7. The van der Waals surface area contributed by atoms with Crippen LogP contribution in [-0.4, -0.2) is 31.6 Å². The van der Waals surface area contributed by atoms with Gasteiger partial charge in [0.15, 0.2) is 11.5 Å². The number of fused-ring (bicyclic) bond motifs is 1. The molecular formula is C15H21NO2S. The quantitative estimate of drug-likeness (QED) is 0.663. The van der Waals surface area contributed by atoms with E-state index >= 15 is 0 Å². The maximum Gasteiger partial charge on any atom is 0.162 e. The van der Waals surface area contributed by atoms with Crippen LogP contribution >= 0.6 is 11.8 Å². The average Bonchev–Trinajstić information content (AvgIpc) is 2.97. The summed E-state index contributed by atoms with van der Waals surface area (Å²) in [6, 6.07) is 6.99. The van der Waals surface area contributed by atoms with Gasteiger partial charge in [-0.25, -0.2) is 0 Å². The second-order valence-corrected chi connectivity index (χ2v) is 6.26. The number of thioether (sulfide) groups is 1. The van der Waals surface area contributed by atoms with Crippen molar-refractivity contribution in [3.8, 4) is 11.5 Å². The van der Waals surface area contributed by atoms with E-state index in [0.717, 1.165) is 29.8 Å². The van der Waals surface area contributed by atoms with Gasteiger partial charge >= 0.3 is 0 Å². The summed E-state index contributed by atoms with van der Waals surface area (Å²) in [5, 5.41) is 3.64. The summed E-state index contributed by atoms with van der Waals surface area (Å²) in [7, 11) is 0. The zero-order chi connectivity index (χ0) is 12.9. The minimum Gasteiger partial charge on any atom is -0.486 e. The van der Waals surface area contributed by atoms with Crippen LogP contribution in [0.2, 0.25) is 0 Å². The van der Waals surface area contributed by atoms with E-state index in [1.54, 1.807) is 0 Å². The van der Waals surface area contributed by atoms with E-state index in [1.807, 2.05) is 17.8 Å². The lowest BCUT2D eigenvalue weighted by Gasteiger charge is -2.18. The monoisotopic (exact) mass is 279 g/mol. The van der Waals surface area contributed by atoms with Crippen LogP contribution in [0.5, 0.6) is 11.5 Å². The molecular weight excluding hydrogens is 258 g/mol. The fourth-order valence-electron chi connectivity index (χ4n) is 2.68. The van der Waals surface area contributed by atoms with Crippen LogP contribution in [0.15, 0.2) is 23.1 Å². The molecule has 0 spiro atoms. The van der Waals surface area contributed by atoms with Gasteiger partial charge in [-0.05, 0) is 31.0 Å². The zero-order valence-electron chi connectivity index (χ0n) is 11.2. The number of rotatable bonds is 5. The molecule has 104 valence electrons. The third-order valence-corrected chi connectivity index (χ3v) is 4.67. The molecule has 0 amide bonds. The van der Waals surface area contributed by atoms with Gasteiger partial charge in [0.2, 0.25) is 0 Å². The van der Waals surface area contributed by atoms with Crippen molar-refractivity contribution in [2.24, 2.45) is 0 Å². The Labute approximate surface area is 119 Å². The van der Waals surface area contributed by atoms with Crippen LogP contribution in [0.25, 0.3) is 0 Å². The van der Waals surface area contributed by atoms with E-state index in [2.05, 4.69) is 17.4 Å². The maximum absolute atomic E-state index is 5.60. The summed E-state index contributed by atoms with van der Waals surface area (Å²) < 4.78 is 11.1. The van der Waals surface area contributed by atoms with Crippen molar-refractivity contribution < 1.29 is 9.47 Å². The molecule has 3 rings (SSSR count). The predicted molar refractivity (Wildman–Crippen MR) is 78.4 cm³/mol. The first-order valence-electron chi connectivity index (χ1n) is 7.18. The van der Waals surface area contributed by atoms with Crippen molar-refractivity contribution in [3.05, 3.63) is 18.2 Å². The summed E-state index contributed by atoms with van der Waals surface area (Å²) in [5.41, 5.74) is 0. The Morgan fingerprint density at radius 2 is 1.89 bits per heavy atom. The highest BCUT2D eigenvalue weighted by atomic mass is 32.2. The summed E-state index contributed by atoms with van der Waals surface area (Å²) in [4.78, 5) is 1.26. The Balaban J connectivity index is 1.44. The molecule has 0 unspecified atom stereocenters. The second kappa shape index (κ2) is 6.53. The van der Waals surface area contributed by atoms with Crippen LogP contribution in [0, 0.1) is 0 Å². The minimum absolute atomic E-state index is 0.657. The van der Waals surface area contributed by atoms with Crippen molar-refractivity contribution in [1.82, 2.24) is 5.32 Å². The molecule has 0 radical (unpaired) electrons. The molecule has 19 heavy (non-hydrogen) atoms. The molecule has 1 fully saturated rings. The lowest BCUT2D eigenvalue weighted by Crippen LogP contribution is -2.28. The topological polar surface area (TPSA) is 30.5 Å². The highest BCUT2D eigenvalue weighted by Crippen LogP contribution is 2.34. The molecule has 1 saturated carbocycles. The summed E-state index contributed by atoms with van der Waals surface area (Å²) in [6.45, 7) is 2.40. The van der Waals surface area contributed by atoms with Crippen molar-refractivity contribution in [2.45, 2.75) is 36.6 Å². The smallest absolute Gasteiger partial charge is 0.162 e. The molecule has 0 bridgehead atoms. The highest BCUT2D eigenvalue weighted by molar-refractivity contribution is 7.99. The molecule has 2 aliphatic rings. The summed E-state index contributed by atoms with van der Waals surface area (Å²) >= 11 is 1.88. The lowest BCUT2D eigenvalue weighted by molar-refractivity contribution is 0.171. The standard InChI is InChI=1S/C15H21NO2S/c1-2-4-12(3-1)16-7-10-19-13-5-6-14-15(11-13)18-9-8-17-14/h5-6,11-12,16H,1-4,7-10H2. The van der Waals surface area contributed by atoms with Crippen molar-refractivity contribution in [1.29, 1.82) is 0 Å². The minimum atomic E-state index is 0.657. The van der Waals surface area contributed by atoms with Crippen molar-refractivity contribution in [2.75, 3.05) is 25.5 Å². The maximum atomic E-state index is 5.60. The van der Waals surface area contributed by atoms with Crippen molar-refractivity contribution in [3.63, 3.8) is 0 Å². The molecule has 1 aliphatic carbocycles. The van der Waals surface area contributed by atoms with Gasteiger partial charge in [0, 0.05) is 23.2 Å². The Morgan fingerprint density at radius 3 is 2.74 bits per heavy atom. The van der Waals surface area contributed by atoms with E-state index < -0.39 is 0 Å². The molecule has 1 aliphatic heterocycles. The molecule has 1 aromatic rings. The van der Waals surface area contributed by atoms with E-state index in [9.17, 15) is 0 Å². The largest absolute Gasteiger partial charge is 0.486 e. The van der Waals surface area contributed by atoms with E-state index in [1.165, 1.54) is 30.6 Å². The van der Waals surface area contributed by atoms with E-state index in [4.69, 9.17) is 9.47 Å². The van der Waals surface area contributed by atoms with E-state index in [-0.39, 0.29) is 0 Å². The molecule has 0 atom stereocenters. The number of hydrogen-bond donors (Lipinski definition) is 1. The van der Waals surface area contributed by atoms with Crippen LogP contribution in [-0.2, 0) is 0 Å². The SMILES string of the molecule is c1cc2c(cc1SCCNC1CCCC1)OCCO2. The number of benzene rings is 1. The molecule has 0 aromatic heterocycles. The average molecular weight is 279 g/mol. The van der Waals surface area contributed by atoms with Gasteiger partial charge in [-0.3, -0.25) is 0 Å². The van der Waals surface area contributed by atoms with Gasteiger partial charge in [0.25, 0.3) is 0 Å². The molecule has 1 heterocycles. The zero-order valence-corrected chi connectivity index (χ0v) is 12.0. The van der Waals surface area contributed by atoms with E-state index in [0.29, 0.717) is 13.2 Å². The highest BCUT2D eigenvalue weighted by Gasteiger charge is 2.14. The third-order valence-electron chi connectivity index (χ3n) is 3.67. The number of ether oxygens (including phenoxy) is 2. The summed E-state index contributed by atoms with van der Waals surface area (Å²) in [5.74, 6) is 2.87. The van der Waals surface area contributed by atoms with Gasteiger partial charge < -0.3 is 14.8 Å². The van der Waals surface area contributed by atoms with Crippen LogP contribution in [0.3, 0.4) is 0 Å². The van der Waals surface area contributed by atoms with Gasteiger partial charge in [-0.2, -0.15) is 0 Å². The van der Waals surface area contributed by atoms with Gasteiger partial charge in [0.05, 0.1) is 0 Å². The van der Waals surface area contributed by atoms with Crippen molar-refractivity contribution >= 4 is 11.8 Å². The van der Waals surface area contributed by atoms with Gasteiger partial charge in [-0.15, -0.1) is 11.8 Å². The van der Waals surface area contributed by atoms with Gasteiger partial charge in [0.1, 0.15) is 13.2 Å². The Morgan fingerprint density at radius 1 is 1.11 bits per heavy atom. The molecule has 3 nitrogen and oxygen atoms in total. The van der Waals surface area contributed by atoms with Crippen LogP contribution in [0.4, 0.5) is 0 Å². The number of nitrogens with one attached hydrogen (secondary N) is 1. The predicted octanol–water partition coefficient (Wildman–Crippen LogP) is 3.08. The molecule has 0 saturated heterocycles. The van der Waals surface area contributed by atoms with Crippen LogP contribution < -0.4 is 14.8 Å². The first kappa shape index (κ1) is 13.1. The molecule has 1 aromatic carbocycles.